The van der Waals surface area contributed by atoms with Crippen LogP contribution in [0.4, 0.5) is 4.39 Å². The van der Waals surface area contributed by atoms with Gasteiger partial charge in [0.1, 0.15) is 12.4 Å². The number of rotatable bonds is 10. The van der Waals surface area contributed by atoms with Gasteiger partial charge < -0.3 is 14.5 Å². The topological polar surface area (TPSA) is 53.1 Å². The van der Waals surface area contributed by atoms with Crippen molar-refractivity contribution < 1.29 is 18.7 Å². The van der Waals surface area contributed by atoms with Crippen LogP contribution in [0.15, 0.2) is 64.5 Å². The number of aryl methyl sites for hydroxylation is 1. The fourth-order valence-corrected chi connectivity index (χ4v) is 5.51. The van der Waals surface area contributed by atoms with Gasteiger partial charge in [0.25, 0.3) is 5.91 Å². The number of halogens is 2. The molecule has 196 valence electrons. The lowest BCUT2D eigenvalue weighted by Gasteiger charge is -2.31. The molecule has 2 amide bonds. The maximum Gasteiger partial charge on any atom is 0.254 e. The summed E-state index contributed by atoms with van der Waals surface area (Å²) in [6.45, 7) is 6.80. The minimum Gasteiger partial charge on any atom is -0.379 e. The molecule has 0 spiro atoms. The van der Waals surface area contributed by atoms with Gasteiger partial charge in [-0.05, 0) is 59.8 Å². The summed E-state index contributed by atoms with van der Waals surface area (Å²) in [5.41, 5.74) is 2.49. The molecule has 0 atom stereocenters. The van der Waals surface area contributed by atoms with Crippen molar-refractivity contribution in [1.82, 2.24) is 14.7 Å². The summed E-state index contributed by atoms with van der Waals surface area (Å²) in [5, 5.41) is 2.01. The molecule has 1 saturated heterocycles. The summed E-state index contributed by atoms with van der Waals surface area (Å²) in [6.07, 6.45) is 0. The van der Waals surface area contributed by atoms with Crippen molar-refractivity contribution in [3.8, 4) is 0 Å². The fourth-order valence-electron chi connectivity index (χ4n) is 4.19. The zero-order valence-corrected chi connectivity index (χ0v) is 23.3. The molecular formula is C28H31BrFN3O3S. The van der Waals surface area contributed by atoms with Crippen molar-refractivity contribution in [3.63, 3.8) is 0 Å². The average molecular weight is 589 g/mol. The number of hydrogen-bond acceptors (Lipinski definition) is 5. The van der Waals surface area contributed by atoms with Gasteiger partial charge in [0.05, 0.1) is 19.8 Å². The highest BCUT2D eigenvalue weighted by Crippen LogP contribution is 2.20. The van der Waals surface area contributed by atoms with Gasteiger partial charge in [0.2, 0.25) is 5.91 Å². The molecule has 0 radical (unpaired) electrons. The molecule has 0 unspecified atom stereocenters. The Labute approximate surface area is 229 Å². The van der Waals surface area contributed by atoms with Gasteiger partial charge in [-0.2, -0.15) is 0 Å². The average Bonchev–Trinajstić information content (AvgIpc) is 3.31. The Morgan fingerprint density at radius 1 is 1.05 bits per heavy atom. The Morgan fingerprint density at radius 3 is 2.49 bits per heavy atom. The summed E-state index contributed by atoms with van der Waals surface area (Å²) in [6, 6.07) is 15.5. The molecule has 6 nitrogen and oxygen atoms in total. The monoisotopic (exact) mass is 587 g/mol. The maximum absolute atomic E-state index is 13.7. The molecule has 1 aliphatic rings. The molecule has 2 heterocycles. The normalized spacial score (nSPS) is 13.9. The zero-order chi connectivity index (χ0) is 26.2. The Kier molecular flexibility index (Phi) is 9.85. The molecule has 0 saturated carbocycles. The first-order chi connectivity index (χ1) is 17.9. The number of amides is 2. The van der Waals surface area contributed by atoms with E-state index >= 15 is 0 Å². The number of benzene rings is 2. The summed E-state index contributed by atoms with van der Waals surface area (Å²) in [7, 11) is 0. The van der Waals surface area contributed by atoms with Crippen LogP contribution in [-0.4, -0.2) is 72.5 Å². The van der Waals surface area contributed by atoms with E-state index in [-0.39, 0.29) is 24.2 Å². The molecule has 0 bridgehead atoms. The number of ether oxygens (including phenoxy) is 1. The highest BCUT2D eigenvalue weighted by Gasteiger charge is 2.24. The zero-order valence-electron chi connectivity index (χ0n) is 20.9. The molecule has 9 heteroatoms. The van der Waals surface area contributed by atoms with Crippen molar-refractivity contribution in [2.45, 2.75) is 20.0 Å². The van der Waals surface area contributed by atoms with Gasteiger partial charge in [-0.15, -0.1) is 11.3 Å². The van der Waals surface area contributed by atoms with Crippen LogP contribution in [0, 0.1) is 12.7 Å². The van der Waals surface area contributed by atoms with Gasteiger partial charge in [-0.25, -0.2) is 4.39 Å². The molecule has 3 aromatic rings. The van der Waals surface area contributed by atoms with Crippen LogP contribution in [0.1, 0.15) is 26.4 Å². The quantitative estimate of drug-likeness (QED) is 0.336. The molecule has 2 aromatic carbocycles. The Bertz CT molecular complexity index is 1200. The maximum atomic E-state index is 13.7. The van der Waals surface area contributed by atoms with E-state index in [9.17, 15) is 14.0 Å². The lowest BCUT2D eigenvalue weighted by Crippen LogP contribution is -2.47. The Balaban J connectivity index is 1.54. The third kappa shape index (κ3) is 7.95. The Morgan fingerprint density at radius 2 is 1.81 bits per heavy atom. The second-order valence-corrected chi connectivity index (χ2v) is 11.0. The first kappa shape index (κ1) is 27.4. The molecule has 37 heavy (non-hydrogen) atoms. The molecule has 1 aliphatic heterocycles. The highest BCUT2D eigenvalue weighted by molar-refractivity contribution is 9.10. The minimum absolute atomic E-state index is 0.0404. The van der Waals surface area contributed by atoms with Crippen molar-refractivity contribution in [1.29, 1.82) is 0 Å². The predicted molar refractivity (Wildman–Crippen MR) is 147 cm³/mol. The number of thiophene rings is 1. The van der Waals surface area contributed by atoms with Crippen LogP contribution in [0.3, 0.4) is 0 Å². The van der Waals surface area contributed by atoms with Crippen molar-refractivity contribution in [2.24, 2.45) is 0 Å². The largest absolute Gasteiger partial charge is 0.379 e. The molecular weight excluding hydrogens is 557 g/mol. The molecule has 1 fully saturated rings. The van der Waals surface area contributed by atoms with Gasteiger partial charge in [0, 0.05) is 47.6 Å². The molecule has 0 aliphatic carbocycles. The first-order valence-electron chi connectivity index (χ1n) is 12.3. The predicted octanol–water partition coefficient (Wildman–Crippen LogP) is 4.96. The standard InChI is InChI=1S/C28H31BrFN3O3S/c1-21-9-16-37-26(21)19-33(18-22-5-7-25(30)8-6-22)27(34)20-32(11-10-31-12-14-36-15-13-31)28(35)23-3-2-4-24(29)17-23/h2-9,16-17H,10-15,18-20H2,1H3. The van der Waals surface area contributed by atoms with Crippen molar-refractivity contribution in [2.75, 3.05) is 45.9 Å². The van der Waals surface area contributed by atoms with E-state index < -0.39 is 0 Å². The van der Waals surface area contributed by atoms with Gasteiger partial charge in [-0.3, -0.25) is 14.5 Å². The first-order valence-corrected chi connectivity index (χ1v) is 14.0. The fraction of sp³-hybridized carbons (Fsp3) is 0.357. The summed E-state index contributed by atoms with van der Waals surface area (Å²) < 4.78 is 19.7. The molecule has 4 rings (SSSR count). The smallest absolute Gasteiger partial charge is 0.254 e. The second kappa shape index (κ2) is 13.3. The lowest BCUT2D eigenvalue weighted by atomic mass is 10.1. The van der Waals surface area contributed by atoms with E-state index in [0.717, 1.165) is 33.6 Å². The Hall–Kier alpha value is -2.59. The number of hydrogen-bond donors (Lipinski definition) is 0. The summed E-state index contributed by atoms with van der Waals surface area (Å²) in [4.78, 5) is 34.0. The van der Waals surface area contributed by atoms with Gasteiger partial charge >= 0.3 is 0 Å². The van der Waals surface area contributed by atoms with Crippen LogP contribution in [0.2, 0.25) is 0 Å². The highest BCUT2D eigenvalue weighted by atomic mass is 79.9. The van der Waals surface area contributed by atoms with E-state index in [2.05, 4.69) is 20.8 Å². The third-order valence-electron chi connectivity index (χ3n) is 6.42. The van der Waals surface area contributed by atoms with Crippen LogP contribution in [0.25, 0.3) is 0 Å². The number of nitrogens with zero attached hydrogens (tertiary/aromatic N) is 3. The number of carbonyl (C=O) groups is 2. The van der Waals surface area contributed by atoms with E-state index in [0.29, 0.717) is 45.0 Å². The van der Waals surface area contributed by atoms with E-state index in [1.165, 1.54) is 12.1 Å². The van der Waals surface area contributed by atoms with Crippen LogP contribution in [-0.2, 0) is 22.6 Å². The lowest BCUT2D eigenvalue weighted by molar-refractivity contribution is -0.133. The summed E-state index contributed by atoms with van der Waals surface area (Å²) in [5.74, 6) is -0.649. The second-order valence-electron chi connectivity index (χ2n) is 9.09. The van der Waals surface area contributed by atoms with E-state index in [1.807, 2.05) is 30.5 Å². The van der Waals surface area contributed by atoms with Crippen molar-refractivity contribution in [3.05, 3.63) is 91.8 Å². The van der Waals surface area contributed by atoms with E-state index in [4.69, 9.17) is 4.74 Å². The van der Waals surface area contributed by atoms with Gasteiger partial charge in [-0.1, -0.05) is 34.1 Å². The number of carbonyl (C=O) groups excluding carboxylic acids is 2. The van der Waals surface area contributed by atoms with Crippen LogP contribution < -0.4 is 0 Å². The molecule has 0 N–H and O–H groups in total. The van der Waals surface area contributed by atoms with Crippen LogP contribution in [0.5, 0.6) is 0 Å². The number of morpholine rings is 1. The third-order valence-corrected chi connectivity index (χ3v) is 7.92. The van der Waals surface area contributed by atoms with Gasteiger partial charge in [0.15, 0.2) is 0 Å². The minimum atomic E-state index is -0.315. The van der Waals surface area contributed by atoms with Crippen molar-refractivity contribution >= 4 is 39.1 Å². The van der Waals surface area contributed by atoms with E-state index in [1.54, 1.807) is 45.4 Å². The SMILES string of the molecule is Cc1ccsc1CN(Cc1ccc(F)cc1)C(=O)CN(CCN1CCOCC1)C(=O)c1cccc(Br)c1. The molecule has 1 aromatic heterocycles. The summed E-state index contributed by atoms with van der Waals surface area (Å²) >= 11 is 5.05. The van der Waals surface area contributed by atoms with Crippen LogP contribution >= 0.6 is 27.3 Å².